The molecule has 3 nitrogen and oxygen atoms in total. The molecule has 2 unspecified atom stereocenters. The molecule has 0 radical (unpaired) electrons. The Bertz CT molecular complexity index is 330. The van der Waals surface area contributed by atoms with Gasteiger partial charge in [0, 0.05) is 13.2 Å². The van der Waals surface area contributed by atoms with E-state index in [-0.39, 0.29) is 6.04 Å². The van der Waals surface area contributed by atoms with Crippen LogP contribution in [0.2, 0.25) is 0 Å². The van der Waals surface area contributed by atoms with Crippen molar-refractivity contribution >= 4 is 0 Å². The quantitative estimate of drug-likeness (QED) is 0.805. The largest absolute Gasteiger partial charge is 0.465 e. The molecule has 0 aromatic carbocycles. The van der Waals surface area contributed by atoms with E-state index >= 15 is 0 Å². The van der Waals surface area contributed by atoms with E-state index in [9.17, 15) is 0 Å². The Kier molecular flexibility index (Phi) is 3.66. The van der Waals surface area contributed by atoms with Crippen molar-refractivity contribution in [2.24, 2.45) is 5.92 Å². The third-order valence-electron chi connectivity index (χ3n) is 3.23. The molecule has 0 bridgehead atoms. The van der Waals surface area contributed by atoms with Crippen molar-refractivity contribution in [3.8, 4) is 0 Å². The molecule has 2 rings (SSSR count). The zero-order valence-corrected chi connectivity index (χ0v) is 10.3. The minimum absolute atomic E-state index is 0.175. The van der Waals surface area contributed by atoms with Crippen LogP contribution in [0.3, 0.4) is 0 Å². The second kappa shape index (κ2) is 5.02. The van der Waals surface area contributed by atoms with Crippen LogP contribution in [0.15, 0.2) is 16.5 Å². The van der Waals surface area contributed by atoms with Crippen LogP contribution in [0.5, 0.6) is 0 Å². The first-order valence-corrected chi connectivity index (χ1v) is 6.02. The normalized spacial score (nSPS) is 19.7. The van der Waals surface area contributed by atoms with E-state index in [1.807, 2.05) is 19.1 Å². The van der Waals surface area contributed by atoms with E-state index in [2.05, 4.69) is 12.2 Å². The maximum Gasteiger partial charge on any atom is 0.123 e. The summed E-state index contributed by atoms with van der Waals surface area (Å²) in [7, 11) is 1.73. The molecule has 3 heteroatoms. The van der Waals surface area contributed by atoms with Crippen molar-refractivity contribution < 1.29 is 9.15 Å². The van der Waals surface area contributed by atoms with E-state index in [4.69, 9.17) is 9.15 Å². The summed E-state index contributed by atoms with van der Waals surface area (Å²) in [6.07, 6.45) is 2.70. The third kappa shape index (κ3) is 2.86. The van der Waals surface area contributed by atoms with Crippen LogP contribution >= 0.6 is 0 Å². The lowest BCUT2D eigenvalue weighted by atomic mass is 10.1. The van der Waals surface area contributed by atoms with Gasteiger partial charge in [-0.25, -0.2) is 0 Å². The Balaban J connectivity index is 1.98. The van der Waals surface area contributed by atoms with Gasteiger partial charge in [0.1, 0.15) is 11.5 Å². The topological polar surface area (TPSA) is 34.4 Å². The highest BCUT2D eigenvalue weighted by Crippen LogP contribution is 2.33. The van der Waals surface area contributed by atoms with E-state index in [1.54, 1.807) is 7.11 Å². The van der Waals surface area contributed by atoms with E-state index in [0.29, 0.717) is 12.6 Å². The molecule has 1 aromatic heterocycles. The molecule has 1 N–H and O–H groups in total. The smallest absolute Gasteiger partial charge is 0.123 e. The summed E-state index contributed by atoms with van der Waals surface area (Å²) in [4.78, 5) is 0. The van der Waals surface area contributed by atoms with Gasteiger partial charge in [-0.05, 0) is 44.7 Å². The van der Waals surface area contributed by atoms with Crippen LogP contribution < -0.4 is 5.32 Å². The molecule has 16 heavy (non-hydrogen) atoms. The van der Waals surface area contributed by atoms with Gasteiger partial charge in [0.05, 0.1) is 12.6 Å². The zero-order chi connectivity index (χ0) is 11.5. The molecule has 1 saturated carbocycles. The third-order valence-corrected chi connectivity index (χ3v) is 3.23. The van der Waals surface area contributed by atoms with Crippen LogP contribution in [-0.2, 0) is 4.74 Å². The monoisotopic (exact) mass is 223 g/mol. The summed E-state index contributed by atoms with van der Waals surface area (Å²) in [5, 5.41) is 3.59. The summed E-state index contributed by atoms with van der Waals surface area (Å²) >= 11 is 0. The number of hydrogen-bond acceptors (Lipinski definition) is 3. The van der Waals surface area contributed by atoms with Gasteiger partial charge < -0.3 is 14.5 Å². The van der Waals surface area contributed by atoms with Crippen LogP contribution in [0.25, 0.3) is 0 Å². The Labute approximate surface area is 97.2 Å². The molecule has 0 spiro atoms. The lowest BCUT2D eigenvalue weighted by molar-refractivity contribution is 0.149. The molecule has 1 aliphatic rings. The number of methoxy groups -OCH3 is 1. The Morgan fingerprint density at radius 2 is 2.25 bits per heavy atom. The second-order valence-electron chi connectivity index (χ2n) is 4.75. The molecule has 0 saturated heterocycles. The van der Waals surface area contributed by atoms with Crippen molar-refractivity contribution in [3.05, 3.63) is 23.7 Å². The zero-order valence-electron chi connectivity index (χ0n) is 10.3. The summed E-state index contributed by atoms with van der Waals surface area (Å²) in [5.74, 6) is 2.78. The molecule has 1 heterocycles. The summed E-state index contributed by atoms with van der Waals surface area (Å²) in [5.41, 5.74) is 0. The minimum Gasteiger partial charge on any atom is -0.465 e. The Hall–Kier alpha value is -0.800. The van der Waals surface area contributed by atoms with Crippen LogP contribution in [0, 0.1) is 12.8 Å². The first kappa shape index (κ1) is 11.7. The maximum atomic E-state index is 5.66. The molecule has 90 valence electrons. The molecule has 1 fully saturated rings. The van der Waals surface area contributed by atoms with E-state index in [1.165, 1.54) is 12.8 Å². The average Bonchev–Trinajstić information content (AvgIpc) is 3.01. The van der Waals surface area contributed by atoms with Crippen LogP contribution in [0.4, 0.5) is 0 Å². The lowest BCUT2D eigenvalue weighted by Gasteiger charge is -2.21. The molecule has 0 aliphatic heterocycles. The Morgan fingerprint density at radius 3 is 2.75 bits per heavy atom. The van der Waals surface area contributed by atoms with Crippen LogP contribution in [-0.4, -0.2) is 19.8 Å². The molecular weight excluding hydrogens is 202 g/mol. The number of nitrogens with one attached hydrogen (secondary N) is 1. The standard InChI is InChI=1S/C13H21NO2/c1-9-4-7-13(16-9)12(8-15-3)14-10(2)11-5-6-11/h4,7,10-12,14H,5-6,8H2,1-3H3. The number of ether oxygens (including phenoxy) is 1. The van der Waals surface area contributed by atoms with Crippen molar-refractivity contribution in [1.82, 2.24) is 5.32 Å². The van der Waals surface area contributed by atoms with Crippen molar-refractivity contribution in [1.29, 1.82) is 0 Å². The fourth-order valence-corrected chi connectivity index (χ4v) is 2.07. The highest BCUT2D eigenvalue weighted by Gasteiger charge is 2.30. The lowest BCUT2D eigenvalue weighted by Crippen LogP contribution is -2.34. The predicted octanol–water partition coefficient (Wildman–Crippen LogP) is 2.66. The van der Waals surface area contributed by atoms with Gasteiger partial charge in [-0.2, -0.15) is 0 Å². The second-order valence-corrected chi connectivity index (χ2v) is 4.75. The highest BCUT2D eigenvalue weighted by molar-refractivity contribution is 5.10. The van der Waals surface area contributed by atoms with Crippen LogP contribution in [0.1, 0.15) is 37.3 Å². The first-order chi connectivity index (χ1) is 7.70. The summed E-state index contributed by atoms with van der Waals surface area (Å²) in [6.45, 7) is 4.87. The number of hydrogen-bond donors (Lipinski definition) is 1. The van der Waals surface area contributed by atoms with Crippen molar-refractivity contribution in [3.63, 3.8) is 0 Å². The Morgan fingerprint density at radius 1 is 1.50 bits per heavy atom. The number of furan rings is 1. The summed E-state index contributed by atoms with van der Waals surface area (Å²) in [6, 6.07) is 4.76. The maximum absolute atomic E-state index is 5.66. The summed E-state index contributed by atoms with van der Waals surface area (Å²) < 4.78 is 10.9. The van der Waals surface area contributed by atoms with Gasteiger partial charge in [0.15, 0.2) is 0 Å². The number of aryl methyl sites for hydroxylation is 1. The first-order valence-electron chi connectivity index (χ1n) is 6.02. The molecule has 0 amide bonds. The SMILES string of the molecule is COCC(NC(C)C1CC1)c1ccc(C)o1. The molecule has 2 atom stereocenters. The molecule has 1 aromatic rings. The van der Waals surface area contributed by atoms with Crippen molar-refractivity contribution in [2.45, 2.75) is 38.8 Å². The average molecular weight is 223 g/mol. The number of rotatable bonds is 6. The predicted molar refractivity (Wildman–Crippen MR) is 63.4 cm³/mol. The van der Waals surface area contributed by atoms with Crippen molar-refractivity contribution in [2.75, 3.05) is 13.7 Å². The fourth-order valence-electron chi connectivity index (χ4n) is 2.07. The van der Waals surface area contributed by atoms with E-state index in [0.717, 1.165) is 17.4 Å². The highest BCUT2D eigenvalue weighted by atomic mass is 16.5. The van der Waals surface area contributed by atoms with Gasteiger partial charge in [0.25, 0.3) is 0 Å². The minimum atomic E-state index is 0.175. The van der Waals surface area contributed by atoms with Gasteiger partial charge in [-0.3, -0.25) is 0 Å². The van der Waals surface area contributed by atoms with Gasteiger partial charge >= 0.3 is 0 Å². The van der Waals surface area contributed by atoms with Gasteiger partial charge in [-0.1, -0.05) is 0 Å². The van der Waals surface area contributed by atoms with Gasteiger partial charge in [0.2, 0.25) is 0 Å². The fraction of sp³-hybridized carbons (Fsp3) is 0.692. The van der Waals surface area contributed by atoms with Gasteiger partial charge in [-0.15, -0.1) is 0 Å². The van der Waals surface area contributed by atoms with E-state index < -0.39 is 0 Å². The molecule has 1 aliphatic carbocycles. The molecular formula is C13H21NO2.